The Bertz CT molecular complexity index is 1040. The first kappa shape index (κ1) is 21.6. The number of aromatic nitrogens is 2. The van der Waals surface area contributed by atoms with Crippen molar-refractivity contribution in [3.05, 3.63) is 24.2 Å². The minimum Gasteiger partial charge on any atom is -0.444 e. The number of hydrogen-bond donors (Lipinski definition) is 2. The Balaban J connectivity index is 1.24. The molecule has 2 atom stereocenters. The zero-order valence-corrected chi connectivity index (χ0v) is 19.2. The van der Waals surface area contributed by atoms with Crippen LogP contribution in [0.4, 0.5) is 9.59 Å². The molecular weight excluding hydrogens is 426 g/mol. The third-order valence-electron chi connectivity index (χ3n) is 7.14. The molecule has 176 valence electrons. The van der Waals surface area contributed by atoms with E-state index in [0.717, 1.165) is 32.1 Å². The van der Waals surface area contributed by atoms with Crippen LogP contribution < -0.4 is 10.6 Å². The Labute approximate surface area is 192 Å². The number of fused-ring (bicyclic) bond motifs is 3. The molecule has 33 heavy (non-hydrogen) atoms. The van der Waals surface area contributed by atoms with Crippen molar-refractivity contribution >= 4 is 12.1 Å². The fraction of sp³-hybridized carbons (Fsp3) is 0.682. The number of nitriles is 1. The number of ether oxygens (including phenoxy) is 1. The molecule has 1 aromatic rings. The molecule has 4 aliphatic rings. The van der Waals surface area contributed by atoms with E-state index < -0.39 is 11.7 Å². The molecule has 2 saturated heterocycles. The fourth-order valence-corrected chi connectivity index (χ4v) is 4.96. The third kappa shape index (κ3) is 3.77. The number of nitrogens with one attached hydrogen (secondary N) is 2. The van der Waals surface area contributed by atoms with Gasteiger partial charge in [-0.25, -0.2) is 14.5 Å². The number of alkyl carbamates (subject to hydrolysis) is 1. The second-order valence-corrected chi connectivity index (χ2v) is 10.7. The number of rotatable bonds is 6. The average molecular weight is 456 g/mol. The van der Waals surface area contributed by atoms with Crippen molar-refractivity contribution < 1.29 is 18.7 Å². The molecule has 11 heteroatoms. The van der Waals surface area contributed by atoms with Crippen LogP contribution >= 0.6 is 0 Å². The Kier molecular flexibility index (Phi) is 4.64. The number of urea groups is 1. The van der Waals surface area contributed by atoms with E-state index in [-0.39, 0.29) is 28.9 Å². The summed E-state index contributed by atoms with van der Waals surface area (Å²) in [6.45, 7) is 10.2. The highest BCUT2D eigenvalue weighted by atomic mass is 16.6. The van der Waals surface area contributed by atoms with Gasteiger partial charge in [-0.2, -0.15) is 5.26 Å². The minimum atomic E-state index is -0.596. The molecule has 3 amide bonds. The van der Waals surface area contributed by atoms with E-state index in [1.54, 1.807) is 25.7 Å². The van der Waals surface area contributed by atoms with E-state index in [9.17, 15) is 14.9 Å². The lowest BCUT2D eigenvalue weighted by atomic mass is 9.85. The van der Waals surface area contributed by atoms with Crippen LogP contribution in [0.25, 0.3) is 0 Å². The van der Waals surface area contributed by atoms with E-state index in [4.69, 9.17) is 9.15 Å². The van der Waals surface area contributed by atoms with Crippen molar-refractivity contribution in [1.82, 2.24) is 30.6 Å². The molecular formula is C22H29N7O4. The third-order valence-corrected chi connectivity index (χ3v) is 7.14. The normalized spacial score (nSPS) is 26.1. The van der Waals surface area contributed by atoms with Crippen molar-refractivity contribution in [3.63, 3.8) is 0 Å². The predicted molar refractivity (Wildman–Crippen MR) is 114 cm³/mol. The molecule has 2 N–H and O–H groups in total. The van der Waals surface area contributed by atoms with Gasteiger partial charge in [-0.3, -0.25) is 5.32 Å². The van der Waals surface area contributed by atoms with Gasteiger partial charge in [0.25, 0.3) is 0 Å². The van der Waals surface area contributed by atoms with Gasteiger partial charge in [-0.05, 0) is 58.3 Å². The molecule has 11 nitrogen and oxygen atoms in total. The largest absolute Gasteiger partial charge is 0.444 e. The second-order valence-electron chi connectivity index (χ2n) is 10.7. The van der Waals surface area contributed by atoms with Crippen LogP contribution in [-0.4, -0.2) is 56.9 Å². The summed E-state index contributed by atoms with van der Waals surface area (Å²) < 4.78 is 11.4. The van der Waals surface area contributed by atoms with Crippen LogP contribution in [0.1, 0.15) is 70.7 Å². The number of carbonyl (C=O) groups excluding carboxylic acids is 2. The number of hydrogen-bond acceptors (Lipinski definition) is 8. The summed E-state index contributed by atoms with van der Waals surface area (Å²) in [6, 6.07) is -0.622. The predicted octanol–water partition coefficient (Wildman–Crippen LogP) is 2.50. The summed E-state index contributed by atoms with van der Waals surface area (Å²) in [5.74, 6) is 1.29. The van der Waals surface area contributed by atoms with Crippen molar-refractivity contribution in [2.24, 2.45) is 5.41 Å². The van der Waals surface area contributed by atoms with Gasteiger partial charge >= 0.3 is 12.1 Å². The summed E-state index contributed by atoms with van der Waals surface area (Å²) in [5.41, 5.74) is -0.936. The fourth-order valence-electron chi connectivity index (χ4n) is 4.96. The monoisotopic (exact) mass is 455 g/mol. The molecule has 2 aliphatic heterocycles. The van der Waals surface area contributed by atoms with E-state index in [1.807, 2.05) is 0 Å². The molecule has 4 fully saturated rings. The molecule has 0 radical (unpaired) electrons. The lowest BCUT2D eigenvalue weighted by molar-refractivity contribution is 0.0542. The average Bonchev–Trinajstić information content (AvgIpc) is 3.62. The second kappa shape index (κ2) is 7.10. The molecule has 2 bridgehead atoms. The van der Waals surface area contributed by atoms with E-state index >= 15 is 0 Å². The zero-order chi connectivity index (χ0) is 23.6. The van der Waals surface area contributed by atoms with Crippen molar-refractivity contribution in [1.29, 1.82) is 5.26 Å². The maximum absolute atomic E-state index is 12.8. The van der Waals surface area contributed by atoms with E-state index in [0.29, 0.717) is 30.7 Å². The highest BCUT2D eigenvalue weighted by Crippen LogP contribution is 2.61. The van der Waals surface area contributed by atoms with Crippen LogP contribution in [0.15, 0.2) is 16.8 Å². The first-order valence-corrected chi connectivity index (χ1v) is 11.3. The maximum atomic E-state index is 12.8. The van der Waals surface area contributed by atoms with Gasteiger partial charge in [0.15, 0.2) is 6.19 Å². The summed E-state index contributed by atoms with van der Waals surface area (Å²) in [6.07, 6.45) is 5.98. The topological polar surface area (TPSA) is 137 Å². The van der Waals surface area contributed by atoms with Crippen molar-refractivity contribution in [2.45, 2.75) is 76.0 Å². The zero-order valence-electron chi connectivity index (χ0n) is 19.2. The summed E-state index contributed by atoms with van der Waals surface area (Å²) >= 11 is 0. The number of piperidine rings is 1. The molecule has 1 spiro atoms. The van der Waals surface area contributed by atoms with Crippen LogP contribution in [-0.2, 0) is 10.2 Å². The van der Waals surface area contributed by atoms with Crippen LogP contribution in [0.2, 0.25) is 0 Å². The smallest absolute Gasteiger partial charge is 0.413 e. The summed E-state index contributed by atoms with van der Waals surface area (Å²) in [7, 11) is 0. The van der Waals surface area contributed by atoms with Gasteiger partial charge in [0.1, 0.15) is 17.5 Å². The molecule has 1 aromatic heterocycles. The van der Waals surface area contributed by atoms with Crippen LogP contribution in [0.3, 0.4) is 0 Å². The lowest BCUT2D eigenvalue weighted by Gasteiger charge is -2.34. The Morgan fingerprint density at radius 3 is 2.67 bits per heavy atom. The minimum absolute atomic E-state index is 0.0123. The van der Waals surface area contributed by atoms with Crippen LogP contribution in [0.5, 0.6) is 0 Å². The molecule has 5 rings (SSSR count). The highest BCUT2D eigenvalue weighted by Gasteiger charge is 2.64. The van der Waals surface area contributed by atoms with E-state index in [2.05, 4.69) is 33.6 Å². The molecule has 2 aliphatic carbocycles. The van der Waals surface area contributed by atoms with Gasteiger partial charge in [-0.15, -0.1) is 10.2 Å². The number of amides is 3. The molecule has 2 saturated carbocycles. The first-order chi connectivity index (χ1) is 15.6. The molecule has 0 unspecified atom stereocenters. The van der Waals surface area contributed by atoms with E-state index in [1.165, 1.54) is 4.90 Å². The van der Waals surface area contributed by atoms with Crippen molar-refractivity contribution in [3.8, 4) is 6.19 Å². The quantitative estimate of drug-likeness (QED) is 0.624. The van der Waals surface area contributed by atoms with Gasteiger partial charge in [0, 0.05) is 13.1 Å². The van der Waals surface area contributed by atoms with Gasteiger partial charge in [0.2, 0.25) is 11.8 Å². The maximum Gasteiger partial charge on any atom is 0.413 e. The first-order valence-electron chi connectivity index (χ1n) is 11.3. The van der Waals surface area contributed by atoms with Gasteiger partial charge < -0.3 is 19.4 Å². The molecule has 3 heterocycles. The van der Waals surface area contributed by atoms with Crippen molar-refractivity contribution in [2.75, 3.05) is 13.1 Å². The SMILES string of the molecule is C=C(NCC1(c2nnc([C@@H]3CC4(CC4)[C@@H]4CN3C(=O)N4C#N)o2)CC1)NC(=O)OC(C)(C)C. The lowest BCUT2D eigenvalue weighted by Crippen LogP contribution is -2.41. The Morgan fingerprint density at radius 1 is 1.33 bits per heavy atom. The Morgan fingerprint density at radius 2 is 2.06 bits per heavy atom. The summed E-state index contributed by atoms with van der Waals surface area (Å²) in [5, 5.41) is 23.8. The number of nitrogens with zero attached hydrogens (tertiary/aromatic N) is 5. The molecule has 0 aromatic carbocycles. The van der Waals surface area contributed by atoms with Gasteiger partial charge in [0.05, 0.1) is 11.5 Å². The summed E-state index contributed by atoms with van der Waals surface area (Å²) in [4.78, 5) is 27.7. The highest BCUT2D eigenvalue weighted by molar-refractivity contribution is 5.80. The number of carbonyl (C=O) groups is 2. The Hall–Kier alpha value is -3.29. The standard InChI is InChI=1S/C22H29N7O4/c1-13(25-18(30)33-20(2,3)4)24-11-22(7-8-22)17-27-26-16(32-17)14-9-21(5-6-21)15-10-28(14)19(31)29(15)12-23/h14-15,24H,1,5-11H2,2-4H3,(H,25,30)/t14-,15-/m0/s1. The van der Waals surface area contributed by atoms with Gasteiger partial charge in [-0.1, -0.05) is 6.58 Å². The van der Waals surface area contributed by atoms with Crippen LogP contribution in [0, 0.1) is 16.9 Å².